The van der Waals surface area contributed by atoms with Crippen LogP contribution in [0.4, 0.5) is 0 Å². The van der Waals surface area contributed by atoms with Gasteiger partial charge < -0.3 is 14.4 Å². The van der Waals surface area contributed by atoms with Crippen molar-refractivity contribution in [2.45, 2.75) is 13.0 Å². The van der Waals surface area contributed by atoms with Crippen molar-refractivity contribution >= 4 is 17.2 Å². The molecule has 0 fully saturated rings. The molecule has 1 amide bonds. The Labute approximate surface area is 127 Å². The zero-order valence-corrected chi connectivity index (χ0v) is 12.6. The summed E-state index contributed by atoms with van der Waals surface area (Å²) in [6, 6.07) is 5.71. The van der Waals surface area contributed by atoms with Gasteiger partial charge in [0.2, 0.25) is 5.91 Å². The van der Waals surface area contributed by atoms with Crippen LogP contribution in [0.2, 0.25) is 0 Å². The zero-order valence-electron chi connectivity index (χ0n) is 11.7. The summed E-state index contributed by atoms with van der Waals surface area (Å²) in [5.74, 6) is 1.66. The zero-order chi connectivity index (χ0) is 14.7. The van der Waals surface area contributed by atoms with Gasteiger partial charge in [-0.3, -0.25) is 9.78 Å². The van der Waals surface area contributed by atoms with Crippen LogP contribution in [-0.2, 0) is 17.8 Å². The molecule has 0 atom stereocenters. The average Bonchev–Trinajstić information content (AvgIpc) is 2.90. The second-order valence-corrected chi connectivity index (χ2v) is 5.75. The summed E-state index contributed by atoms with van der Waals surface area (Å²) in [7, 11) is 1.63. The maximum Gasteiger partial charge on any atom is 0.228 e. The monoisotopic (exact) mass is 304 g/mol. The van der Waals surface area contributed by atoms with E-state index >= 15 is 0 Å². The number of carbonyl (C=O) groups excluding carboxylic acids is 1. The average molecular weight is 304 g/mol. The molecular formula is C15H16N2O3S. The van der Waals surface area contributed by atoms with E-state index in [4.69, 9.17) is 9.47 Å². The van der Waals surface area contributed by atoms with E-state index in [1.54, 1.807) is 18.8 Å². The van der Waals surface area contributed by atoms with Gasteiger partial charge in [-0.2, -0.15) is 0 Å². The minimum atomic E-state index is 0.103. The fraction of sp³-hybridized carbons (Fsp3) is 0.333. The molecule has 2 aromatic rings. The highest BCUT2D eigenvalue weighted by Crippen LogP contribution is 2.28. The number of rotatable bonds is 3. The number of methoxy groups -OCH3 is 1. The molecule has 0 radical (unpaired) electrons. The standard InChI is InChI=1S/C15H16N2O3S/c1-19-12-3-2-11-9-17(4-5-20-14(11)6-12)15(18)7-13-8-16-10-21-13/h2-3,6,8,10H,4-5,7,9H2,1H3. The summed E-state index contributed by atoms with van der Waals surface area (Å²) in [5.41, 5.74) is 2.75. The Kier molecular flexibility index (Phi) is 4.06. The predicted molar refractivity (Wildman–Crippen MR) is 79.7 cm³/mol. The quantitative estimate of drug-likeness (QED) is 0.871. The Bertz CT molecular complexity index is 628. The van der Waals surface area contributed by atoms with Crippen LogP contribution in [0.1, 0.15) is 10.4 Å². The minimum absolute atomic E-state index is 0.103. The maximum absolute atomic E-state index is 12.4. The Hall–Kier alpha value is -2.08. The Balaban J connectivity index is 1.74. The van der Waals surface area contributed by atoms with Crippen LogP contribution in [0.3, 0.4) is 0 Å². The topological polar surface area (TPSA) is 51.7 Å². The smallest absolute Gasteiger partial charge is 0.228 e. The normalized spacial score (nSPS) is 14.0. The first kappa shape index (κ1) is 13.9. The number of thiazole rings is 1. The van der Waals surface area contributed by atoms with Crippen LogP contribution in [0.5, 0.6) is 11.5 Å². The molecule has 3 rings (SSSR count). The highest BCUT2D eigenvalue weighted by molar-refractivity contribution is 7.09. The largest absolute Gasteiger partial charge is 0.497 e. The number of hydrogen-bond donors (Lipinski definition) is 0. The van der Waals surface area contributed by atoms with Crippen molar-refractivity contribution in [3.63, 3.8) is 0 Å². The van der Waals surface area contributed by atoms with Gasteiger partial charge in [-0.1, -0.05) is 0 Å². The fourth-order valence-electron chi connectivity index (χ4n) is 2.28. The minimum Gasteiger partial charge on any atom is -0.497 e. The van der Waals surface area contributed by atoms with Gasteiger partial charge in [0.1, 0.15) is 18.1 Å². The molecule has 110 valence electrons. The number of aromatic nitrogens is 1. The highest BCUT2D eigenvalue weighted by Gasteiger charge is 2.20. The van der Waals surface area contributed by atoms with E-state index in [-0.39, 0.29) is 5.91 Å². The molecule has 1 aromatic carbocycles. The van der Waals surface area contributed by atoms with Gasteiger partial charge in [-0.15, -0.1) is 11.3 Å². The van der Waals surface area contributed by atoms with Gasteiger partial charge in [0, 0.05) is 29.2 Å². The first-order valence-corrected chi connectivity index (χ1v) is 7.59. The molecule has 21 heavy (non-hydrogen) atoms. The van der Waals surface area contributed by atoms with Crippen molar-refractivity contribution in [2.24, 2.45) is 0 Å². The molecule has 2 heterocycles. The molecule has 0 saturated heterocycles. The summed E-state index contributed by atoms with van der Waals surface area (Å²) < 4.78 is 10.9. The second kappa shape index (κ2) is 6.13. The van der Waals surface area contributed by atoms with Gasteiger partial charge in [-0.05, 0) is 12.1 Å². The van der Waals surface area contributed by atoms with Crippen molar-refractivity contribution in [3.8, 4) is 11.5 Å². The first-order valence-electron chi connectivity index (χ1n) is 6.71. The van der Waals surface area contributed by atoms with E-state index in [2.05, 4.69) is 4.98 Å². The van der Waals surface area contributed by atoms with Gasteiger partial charge in [0.05, 0.1) is 25.6 Å². The molecule has 0 unspecified atom stereocenters. The number of benzene rings is 1. The number of amides is 1. The molecule has 0 bridgehead atoms. The van der Waals surface area contributed by atoms with Gasteiger partial charge in [-0.25, -0.2) is 0 Å². The van der Waals surface area contributed by atoms with Crippen LogP contribution >= 0.6 is 11.3 Å². The molecule has 1 aromatic heterocycles. The van der Waals surface area contributed by atoms with Gasteiger partial charge in [0.25, 0.3) is 0 Å². The number of fused-ring (bicyclic) bond motifs is 1. The van der Waals surface area contributed by atoms with Crippen LogP contribution in [0, 0.1) is 0 Å². The lowest BCUT2D eigenvalue weighted by Crippen LogP contribution is -2.33. The summed E-state index contributed by atoms with van der Waals surface area (Å²) in [5, 5.41) is 0. The van der Waals surface area contributed by atoms with E-state index in [0.717, 1.165) is 21.9 Å². The van der Waals surface area contributed by atoms with E-state index in [1.807, 2.05) is 23.1 Å². The van der Waals surface area contributed by atoms with E-state index in [9.17, 15) is 4.79 Å². The van der Waals surface area contributed by atoms with Crippen molar-refractivity contribution in [2.75, 3.05) is 20.3 Å². The van der Waals surface area contributed by atoms with E-state index in [1.165, 1.54) is 11.3 Å². The maximum atomic E-state index is 12.4. The third kappa shape index (κ3) is 3.16. The molecular weight excluding hydrogens is 288 g/mol. The molecule has 1 aliphatic rings. The van der Waals surface area contributed by atoms with Gasteiger partial charge in [0.15, 0.2) is 0 Å². The fourth-order valence-corrected chi connectivity index (χ4v) is 2.87. The molecule has 0 N–H and O–H groups in total. The molecule has 6 heteroatoms. The lowest BCUT2D eigenvalue weighted by Gasteiger charge is -2.19. The third-order valence-electron chi connectivity index (χ3n) is 3.42. The van der Waals surface area contributed by atoms with Crippen LogP contribution in [-0.4, -0.2) is 36.1 Å². The number of carbonyl (C=O) groups is 1. The lowest BCUT2D eigenvalue weighted by molar-refractivity contribution is -0.131. The summed E-state index contributed by atoms with van der Waals surface area (Å²) in [6.07, 6.45) is 2.14. The van der Waals surface area contributed by atoms with Crippen molar-refractivity contribution in [1.82, 2.24) is 9.88 Å². The predicted octanol–water partition coefficient (Wildman–Crippen LogP) is 2.12. The van der Waals surface area contributed by atoms with E-state index < -0.39 is 0 Å². The summed E-state index contributed by atoms with van der Waals surface area (Å²) in [6.45, 7) is 1.65. The SMILES string of the molecule is COc1ccc2c(c1)OCCN(C(=O)Cc1cncs1)C2. The highest BCUT2D eigenvalue weighted by atomic mass is 32.1. The molecule has 1 aliphatic heterocycles. The van der Waals surface area contributed by atoms with E-state index in [0.29, 0.717) is 26.1 Å². The van der Waals surface area contributed by atoms with Crippen LogP contribution < -0.4 is 9.47 Å². The summed E-state index contributed by atoms with van der Waals surface area (Å²) >= 11 is 1.50. The molecule has 0 saturated carbocycles. The van der Waals surface area contributed by atoms with Crippen LogP contribution in [0.15, 0.2) is 29.9 Å². The molecule has 0 aliphatic carbocycles. The third-order valence-corrected chi connectivity index (χ3v) is 4.20. The lowest BCUT2D eigenvalue weighted by atomic mass is 10.1. The number of hydrogen-bond acceptors (Lipinski definition) is 5. The van der Waals surface area contributed by atoms with Crippen molar-refractivity contribution < 1.29 is 14.3 Å². The molecule has 0 spiro atoms. The van der Waals surface area contributed by atoms with Gasteiger partial charge >= 0.3 is 0 Å². The Morgan fingerprint density at radius 1 is 1.52 bits per heavy atom. The number of nitrogens with zero attached hydrogens (tertiary/aromatic N) is 2. The Morgan fingerprint density at radius 3 is 3.19 bits per heavy atom. The number of ether oxygens (including phenoxy) is 2. The second-order valence-electron chi connectivity index (χ2n) is 4.78. The Morgan fingerprint density at radius 2 is 2.43 bits per heavy atom. The summed E-state index contributed by atoms with van der Waals surface area (Å²) in [4.78, 5) is 19.2. The molecule has 5 nitrogen and oxygen atoms in total. The van der Waals surface area contributed by atoms with Crippen LogP contribution in [0.25, 0.3) is 0 Å². The van der Waals surface area contributed by atoms with Crippen molar-refractivity contribution in [3.05, 3.63) is 40.3 Å². The first-order chi connectivity index (χ1) is 10.3. The van der Waals surface area contributed by atoms with Crippen molar-refractivity contribution in [1.29, 1.82) is 0 Å².